The van der Waals surface area contributed by atoms with Crippen molar-refractivity contribution < 1.29 is 14.6 Å². The first-order valence-electron chi connectivity index (χ1n) is 5.71. The summed E-state index contributed by atoms with van der Waals surface area (Å²) in [4.78, 5) is 15.2. The van der Waals surface area contributed by atoms with Gasteiger partial charge >= 0.3 is 5.97 Å². The fraction of sp³-hybridized carbons (Fsp3) is 0.500. The predicted octanol–water partition coefficient (Wildman–Crippen LogP) is 1.68. The van der Waals surface area contributed by atoms with Crippen LogP contribution in [-0.2, 0) is 4.74 Å². The van der Waals surface area contributed by atoms with Gasteiger partial charge in [0.2, 0.25) is 0 Å². The molecule has 1 saturated heterocycles. The van der Waals surface area contributed by atoms with Crippen molar-refractivity contribution in [2.75, 3.05) is 18.5 Å². The molecular formula is C12H16N2O3. The van der Waals surface area contributed by atoms with E-state index in [1.165, 1.54) is 0 Å². The van der Waals surface area contributed by atoms with Crippen LogP contribution in [0.3, 0.4) is 0 Å². The van der Waals surface area contributed by atoms with Gasteiger partial charge in [-0.3, -0.25) is 0 Å². The van der Waals surface area contributed by atoms with Crippen LogP contribution in [0.4, 0.5) is 5.82 Å². The van der Waals surface area contributed by atoms with E-state index in [2.05, 4.69) is 10.3 Å². The number of rotatable bonds is 3. The molecule has 2 N–H and O–H groups in total. The van der Waals surface area contributed by atoms with Gasteiger partial charge in [-0.15, -0.1) is 0 Å². The second-order valence-corrected chi connectivity index (χ2v) is 4.25. The van der Waals surface area contributed by atoms with Gasteiger partial charge in [-0.1, -0.05) is 0 Å². The van der Waals surface area contributed by atoms with Crippen LogP contribution >= 0.6 is 0 Å². The third-order valence-electron chi connectivity index (χ3n) is 2.71. The number of carboxylic acids is 1. The van der Waals surface area contributed by atoms with E-state index in [-0.39, 0.29) is 11.6 Å². The molecule has 0 aromatic carbocycles. The Balaban J connectivity index is 2.11. The summed E-state index contributed by atoms with van der Waals surface area (Å²) in [6.07, 6.45) is 2.05. The Morgan fingerprint density at radius 1 is 1.59 bits per heavy atom. The van der Waals surface area contributed by atoms with Crippen molar-refractivity contribution in [3.05, 3.63) is 23.4 Å². The van der Waals surface area contributed by atoms with E-state index in [9.17, 15) is 4.79 Å². The lowest BCUT2D eigenvalue weighted by Crippen LogP contribution is -2.30. The van der Waals surface area contributed by atoms with Crippen LogP contribution in [0.25, 0.3) is 0 Å². The molecule has 0 bridgehead atoms. The standard InChI is InChI=1S/C12H16N2O3/c1-8-5-9(12(15)16)6-11(13-8)14-10-3-2-4-17-7-10/h5-6,10H,2-4,7H2,1H3,(H,13,14)(H,15,16). The lowest BCUT2D eigenvalue weighted by atomic mass is 10.1. The number of hydrogen-bond acceptors (Lipinski definition) is 4. The maximum atomic E-state index is 10.9. The average Bonchev–Trinajstić information content (AvgIpc) is 2.29. The van der Waals surface area contributed by atoms with Crippen LogP contribution in [-0.4, -0.2) is 35.3 Å². The highest BCUT2D eigenvalue weighted by Gasteiger charge is 2.15. The lowest BCUT2D eigenvalue weighted by Gasteiger charge is -2.23. The molecule has 2 heterocycles. The van der Waals surface area contributed by atoms with Crippen LogP contribution in [0.5, 0.6) is 0 Å². The molecule has 1 aromatic heterocycles. The Hall–Kier alpha value is -1.62. The smallest absolute Gasteiger partial charge is 0.335 e. The summed E-state index contributed by atoms with van der Waals surface area (Å²) < 4.78 is 5.36. The number of nitrogens with zero attached hydrogens (tertiary/aromatic N) is 1. The van der Waals surface area contributed by atoms with Gasteiger partial charge in [-0.25, -0.2) is 9.78 Å². The van der Waals surface area contributed by atoms with Crippen molar-refractivity contribution in [3.63, 3.8) is 0 Å². The van der Waals surface area contributed by atoms with Crippen LogP contribution in [0.15, 0.2) is 12.1 Å². The largest absolute Gasteiger partial charge is 0.478 e. The van der Waals surface area contributed by atoms with Gasteiger partial charge in [0.15, 0.2) is 0 Å². The first-order chi connectivity index (χ1) is 8.15. The number of hydrogen-bond donors (Lipinski definition) is 2. The lowest BCUT2D eigenvalue weighted by molar-refractivity contribution is 0.0696. The second-order valence-electron chi connectivity index (χ2n) is 4.25. The molecule has 1 atom stereocenters. The van der Waals surface area contributed by atoms with Crippen LogP contribution in [0.1, 0.15) is 28.9 Å². The number of pyridine rings is 1. The van der Waals surface area contributed by atoms with E-state index in [4.69, 9.17) is 9.84 Å². The Bertz CT molecular complexity index is 414. The normalized spacial score (nSPS) is 19.9. The zero-order chi connectivity index (χ0) is 12.3. The van der Waals surface area contributed by atoms with E-state index >= 15 is 0 Å². The summed E-state index contributed by atoms with van der Waals surface area (Å²) in [5, 5.41) is 12.2. The van der Waals surface area contributed by atoms with E-state index in [1.807, 2.05) is 0 Å². The molecule has 17 heavy (non-hydrogen) atoms. The van der Waals surface area contributed by atoms with E-state index in [0.29, 0.717) is 18.1 Å². The molecule has 0 saturated carbocycles. The van der Waals surface area contributed by atoms with Crippen molar-refractivity contribution in [1.82, 2.24) is 4.98 Å². The Morgan fingerprint density at radius 2 is 2.41 bits per heavy atom. The van der Waals surface area contributed by atoms with Gasteiger partial charge in [-0.2, -0.15) is 0 Å². The fourth-order valence-corrected chi connectivity index (χ4v) is 1.93. The van der Waals surface area contributed by atoms with Crippen molar-refractivity contribution >= 4 is 11.8 Å². The number of anilines is 1. The van der Waals surface area contributed by atoms with E-state index in [0.717, 1.165) is 19.4 Å². The summed E-state index contributed by atoms with van der Waals surface area (Å²) in [7, 11) is 0. The van der Waals surface area contributed by atoms with Crippen LogP contribution in [0, 0.1) is 6.92 Å². The molecule has 5 heteroatoms. The molecule has 0 aliphatic carbocycles. The Morgan fingerprint density at radius 3 is 3.06 bits per heavy atom. The summed E-state index contributed by atoms with van der Waals surface area (Å²) in [5.41, 5.74) is 0.959. The molecule has 1 aliphatic heterocycles. The summed E-state index contributed by atoms with van der Waals surface area (Å²) in [6, 6.07) is 3.34. The number of carboxylic acid groups (broad SMARTS) is 1. The van der Waals surface area contributed by atoms with E-state index in [1.54, 1.807) is 19.1 Å². The average molecular weight is 236 g/mol. The minimum atomic E-state index is -0.932. The molecule has 92 valence electrons. The zero-order valence-corrected chi connectivity index (χ0v) is 9.77. The third kappa shape index (κ3) is 3.17. The predicted molar refractivity (Wildman–Crippen MR) is 63.4 cm³/mol. The Labute approximate surface area is 99.8 Å². The molecule has 1 fully saturated rings. The highest BCUT2D eigenvalue weighted by molar-refractivity contribution is 5.88. The molecule has 5 nitrogen and oxygen atoms in total. The minimum Gasteiger partial charge on any atom is -0.478 e. The maximum absolute atomic E-state index is 10.9. The Kier molecular flexibility index (Phi) is 3.58. The van der Waals surface area contributed by atoms with Crippen molar-refractivity contribution in [2.24, 2.45) is 0 Å². The SMILES string of the molecule is Cc1cc(C(=O)O)cc(NC2CCCOC2)n1. The summed E-state index contributed by atoms with van der Waals surface area (Å²) in [5.74, 6) is -0.323. The topological polar surface area (TPSA) is 71.5 Å². The van der Waals surface area contributed by atoms with Gasteiger partial charge < -0.3 is 15.2 Å². The van der Waals surface area contributed by atoms with Crippen LogP contribution in [0.2, 0.25) is 0 Å². The van der Waals surface area contributed by atoms with Gasteiger partial charge in [0, 0.05) is 12.3 Å². The molecule has 0 radical (unpaired) electrons. The quantitative estimate of drug-likeness (QED) is 0.835. The molecule has 0 amide bonds. The molecule has 0 spiro atoms. The molecule has 1 aromatic rings. The number of carbonyl (C=O) groups is 1. The monoisotopic (exact) mass is 236 g/mol. The van der Waals surface area contributed by atoms with Gasteiger partial charge in [0.25, 0.3) is 0 Å². The van der Waals surface area contributed by atoms with Crippen molar-refractivity contribution in [3.8, 4) is 0 Å². The van der Waals surface area contributed by atoms with Crippen LogP contribution < -0.4 is 5.32 Å². The molecule has 1 unspecified atom stereocenters. The summed E-state index contributed by atoms with van der Waals surface area (Å²) in [6.45, 7) is 3.24. The molecule has 1 aliphatic rings. The second kappa shape index (κ2) is 5.14. The maximum Gasteiger partial charge on any atom is 0.335 e. The number of aromatic nitrogens is 1. The number of ether oxygens (including phenoxy) is 1. The highest BCUT2D eigenvalue weighted by atomic mass is 16.5. The van der Waals surface area contributed by atoms with Gasteiger partial charge in [-0.05, 0) is 31.9 Å². The molecule has 2 rings (SSSR count). The van der Waals surface area contributed by atoms with Gasteiger partial charge in [0.05, 0.1) is 18.2 Å². The van der Waals surface area contributed by atoms with E-state index < -0.39 is 5.97 Å². The minimum absolute atomic E-state index is 0.222. The highest BCUT2D eigenvalue weighted by Crippen LogP contribution is 2.15. The molecular weight excluding hydrogens is 220 g/mol. The number of aryl methyl sites for hydroxylation is 1. The third-order valence-corrected chi connectivity index (χ3v) is 2.71. The summed E-state index contributed by atoms with van der Waals surface area (Å²) >= 11 is 0. The first-order valence-corrected chi connectivity index (χ1v) is 5.71. The first kappa shape index (κ1) is 11.9. The number of nitrogens with one attached hydrogen (secondary N) is 1. The van der Waals surface area contributed by atoms with Crippen molar-refractivity contribution in [1.29, 1.82) is 0 Å². The zero-order valence-electron chi connectivity index (χ0n) is 9.77. The fourth-order valence-electron chi connectivity index (χ4n) is 1.93. The van der Waals surface area contributed by atoms with Crippen molar-refractivity contribution in [2.45, 2.75) is 25.8 Å². The number of aromatic carboxylic acids is 1. The van der Waals surface area contributed by atoms with Gasteiger partial charge in [0.1, 0.15) is 5.82 Å².